The second-order valence-corrected chi connectivity index (χ2v) is 4.87. The van der Waals surface area contributed by atoms with E-state index in [9.17, 15) is 9.59 Å². The van der Waals surface area contributed by atoms with Crippen molar-refractivity contribution in [2.45, 2.75) is 18.9 Å². The van der Waals surface area contributed by atoms with Crippen LogP contribution in [0.25, 0.3) is 5.82 Å². The number of hydrogen-bond donors (Lipinski definition) is 1. The molecule has 3 heterocycles. The SMILES string of the molecule is O=C(O)C1CCCN1C(=O)c1ccnc(-n2ccnc2)c1. The van der Waals surface area contributed by atoms with Crippen LogP contribution in [-0.2, 0) is 4.79 Å². The van der Waals surface area contributed by atoms with E-state index < -0.39 is 12.0 Å². The summed E-state index contributed by atoms with van der Waals surface area (Å²) in [7, 11) is 0. The Hall–Kier alpha value is -2.70. The number of aromatic nitrogens is 3. The van der Waals surface area contributed by atoms with Crippen LogP contribution in [0.1, 0.15) is 23.2 Å². The maximum atomic E-state index is 12.5. The summed E-state index contributed by atoms with van der Waals surface area (Å²) >= 11 is 0. The van der Waals surface area contributed by atoms with Crippen LogP contribution in [0.15, 0.2) is 37.1 Å². The van der Waals surface area contributed by atoms with Crippen LogP contribution in [0.4, 0.5) is 0 Å². The van der Waals surface area contributed by atoms with Crippen molar-refractivity contribution in [3.05, 3.63) is 42.6 Å². The highest BCUT2D eigenvalue weighted by molar-refractivity contribution is 5.97. The van der Waals surface area contributed by atoms with Gasteiger partial charge in [0.2, 0.25) is 0 Å². The van der Waals surface area contributed by atoms with Crippen molar-refractivity contribution < 1.29 is 14.7 Å². The van der Waals surface area contributed by atoms with Crippen molar-refractivity contribution in [1.82, 2.24) is 19.4 Å². The van der Waals surface area contributed by atoms with E-state index in [2.05, 4.69) is 9.97 Å². The number of hydrogen-bond acceptors (Lipinski definition) is 4. The zero-order valence-electron chi connectivity index (χ0n) is 11.2. The number of carbonyl (C=O) groups excluding carboxylic acids is 1. The fraction of sp³-hybridized carbons (Fsp3) is 0.286. The first-order chi connectivity index (χ1) is 10.2. The predicted octanol–water partition coefficient (Wildman–Crippen LogP) is 0.956. The van der Waals surface area contributed by atoms with E-state index in [1.807, 2.05) is 0 Å². The highest BCUT2D eigenvalue weighted by atomic mass is 16.4. The number of pyridine rings is 1. The summed E-state index contributed by atoms with van der Waals surface area (Å²) < 4.78 is 1.69. The van der Waals surface area contributed by atoms with Gasteiger partial charge in [-0.1, -0.05) is 0 Å². The van der Waals surface area contributed by atoms with Gasteiger partial charge in [0.15, 0.2) is 0 Å². The third-order valence-corrected chi connectivity index (χ3v) is 3.56. The first-order valence-electron chi connectivity index (χ1n) is 6.65. The fourth-order valence-corrected chi connectivity index (χ4v) is 2.52. The molecule has 1 fully saturated rings. The van der Waals surface area contributed by atoms with Gasteiger partial charge in [-0.15, -0.1) is 0 Å². The first kappa shape index (κ1) is 13.3. The lowest BCUT2D eigenvalue weighted by atomic mass is 10.2. The van der Waals surface area contributed by atoms with Crippen molar-refractivity contribution in [2.75, 3.05) is 6.54 Å². The van der Waals surface area contributed by atoms with E-state index in [1.165, 1.54) is 11.1 Å². The molecule has 2 aromatic rings. The molecule has 3 rings (SSSR count). The molecule has 1 atom stereocenters. The van der Waals surface area contributed by atoms with Crippen LogP contribution >= 0.6 is 0 Å². The fourth-order valence-electron chi connectivity index (χ4n) is 2.52. The third-order valence-electron chi connectivity index (χ3n) is 3.56. The Morgan fingerprint density at radius 2 is 2.19 bits per heavy atom. The normalized spacial score (nSPS) is 17.9. The second kappa shape index (κ2) is 5.35. The Morgan fingerprint density at radius 1 is 1.33 bits per heavy atom. The maximum absolute atomic E-state index is 12.5. The molecule has 1 N–H and O–H groups in total. The van der Waals surface area contributed by atoms with Gasteiger partial charge in [0, 0.05) is 30.7 Å². The van der Waals surface area contributed by atoms with Crippen LogP contribution in [0, 0.1) is 0 Å². The van der Waals surface area contributed by atoms with Gasteiger partial charge in [0.05, 0.1) is 0 Å². The molecule has 1 unspecified atom stereocenters. The lowest BCUT2D eigenvalue weighted by molar-refractivity contribution is -0.141. The molecule has 0 radical (unpaired) electrons. The molecule has 0 aromatic carbocycles. The van der Waals surface area contributed by atoms with Gasteiger partial charge >= 0.3 is 5.97 Å². The minimum Gasteiger partial charge on any atom is -0.480 e. The summed E-state index contributed by atoms with van der Waals surface area (Å²) in [5.41, 5.74) is 0.432. The molecule has 1 aliphatic heterocycles. The minimum atomic E-state index is -0.954. The van der Waals surface area contributed by atoms with Gasteiger partial charge in [0.25, 0.3) is 5.91 Å². The zero-order valence-corrected chi connectivity index (χ0v) is 11.2. The van der Waals surface area contributed by atoms with E-state index in [1.54, 1.807) is 35.4 Å². The van der Waals surface area contributed by atoms with E-state index in [4.69, 9.17) is 5.11 Å². The molecule has 0 aliphatic carbocycles. The largest absolute Gasteiger partial charge is 0.480 e. The van der Waals surface area contributed by atoms with E-state index in [0.29, 0.717) is 30.8 Å². The third kappa shape index (κ3) is 2.49. The number of carbonyl (C=O) groups is 2. The summed E-state index contributed by atoms with van der Waals surface area (Å²) in [6.07, 6.45) is 7.69. The second-order valence-electron chi connectivity index (χ2n) is 4.87. The number of carboxylic acids is 1. The first-order valence-corrected chi connectivity index (χ1v) is 6.65. The topological polar surface area (TPSA) is 88.3 Å². The number of aliphatic carboxylic acids is 1. The average molecular weight is 286 g/mol. The van der Waals surface area contributed by atoms with Crippen molar-refractivity contribution in [1.29, 1.82) is 0 Å². The summed E-state index contributed by atoms with van der Waals surface area (Å²) in [5.74, 6) is -0.655. The van der Waals surface area contributed by atoms with Crippen LogP contribution in [0.3, 0.4) is 0 Å². The average Bonchev–Trinajstić information content (AvgIpc) is 3.17. The Bertz CT molecular complexity index is 669. The summed E-state index contributed by atoms with van der Waals surface area (Å²) in [5, 5.41) is 9.17. The van der Waals surface area contributed by atoms with Crippen LogP contribution in [0.2, 0.25) is 0 Å². The summed E-state index contributed by atoms with van der Waals surface area (Å²) in [4.78, 5) is 33.2. The lowest BCUT2D eigenvalue weighted by Crippen LogP contribution is -2.40. The number of imidazole rings is 1. The molecule has 21 heavy (non-hydrogen) atoms. The van der Waals surface area contributed by atoms with Crippen LogP contribution < -0.4 is 0 Å². The molecule has 108 valence electrons. The highest BCUT2D eigenvalue weighted by Crippen LogP contribution is 2.20. The number of carboxylic acid groups (broad SMARTS) is 1. The van der Waals surface area contributed by atoms with Crippen molar-refractivity contribution in [2.24, 2.45) is 0 Å². The number of rotatable bonds is 3. The quantitative estimate of drug-likeness (QED) is 0.907. The van der Waals surface area contributed by atoms with Crippen molar-refractivity contribution in [3.8, 4) is 5.82 Å². The summed E-state index contributed by atoms with van der Waals surface area (Å²) in [6, 6.07) is 2.50. The van der Waals surface area contributed by atoms with Gasteiger partial charge in [0.1, 0.15) is 18.2 Å². The van der Waals surface area contributed by atoms with Gasteiger partial charge in [-0.2, -0.15) is 0 Å². The van der Waals surface area contributed by atoms with E-state index >= 15 is 0 Å². The molecule has 2 aromatic heterocycles. The maximum Gasteiger partial charge on any atom is 0.326 e. The van der Waals surface area contributed by atoms with E-state index in [0.717, 1.165) is 0 Å². The number of amides is 1. The van der Waals surface area contributed by atoms with Gasteiger partial charge in [-0.3, -0.25) is 9.36 Å². The monoisotopic (exact) mass is 286 g/mol. The highest BCUT2D eigenvalue weighted by Gasteiger charge is 2.34. The molecule has 1 aliphatic rings. The molecule has 7 nitrogen and oxygen atoms in total. The zero-order chi connectivity index (χ0) is 14.8. The molecule has 0 saturated carbocycles. The predicted molar refractivity (Wildman–Crippen MR) is 73.1 cm³/mol. The van der Waals surface area contributed by atoms with Crippen LogP contribution in [0.5, 0.6) is 0 Å². The lowest BCUT2D eigenvalue weighted by Gasteiger charge is -2.21. The Kier molecular flexibility index (Phi) is 3.39. The number of nitrogens with zero attached hydrogens (tertiary/aromatic N) is 4. The Balaban J connectivity index is 1.88. The van der Waals surface area contributed by atoms with Gasteiger partial charge in [-0.25, -0.2) is 14.8 Å². The summed E-state index contributed by atoms with van der Waals surface area (Å²) in [6.45, 7) is 0.471. The van der Waals surface area contributed by atoms with Crippen LogP contribution in [-0.4, -0.2) is 49.0 Å². The molecule has 1 saturated heterocycles. The van der Waals surface area contributed by atoms with Crippen molar-refractivity contribution in [3.63, 3.8) is 0 Å². The molecular formula is C14H14N4O3. The molecule has 0 spiro atoms. The van der Waals surface area contributed by atoms with Crippen molar-refractivity contribution >= 4 is 11.9 Å². The molecular weight excluding hydrogens is 272 g/mol. The smallest absolute Gasteiger partial charge is 0.326 e. The van der Waals surface area contributed by atoms with Gasteiger partial charge in [-0.05, 0) is 25.0 Å². The Labute approximate surface area is 120 Å². The molecule has 1 amide bonds. The number of likely N-dealkylation sites (tertiary alicyclic amines) is 1. The standard InChI is InChI=1S/C14H14N4O3/c19-13(18-6-1-2-11(18)14(20)21)10-3-4-16-12(8-10)17-7-5-15-9-17/h3-5,7-9,11H,1-2,6H2,(H,20,21). The Morgan fingerprint density at radius 3 is 2.90 bits per heavy atom. The minimum absolute atomic E-state index is 0.274. The molecule has 0 bridgehead atoms. The van der Waals surface area contributed by atoms with E-state index in [-0.39, 0.29) is 5.91 Å². The molecule has 7 heteroatoms. The van der Waals surface area contributed by atoms with Gasteiger partial charge < -0.3 is 10.0 Å².